The van der Waals surface area contributed by atoms with E-state index in [0.29, 0.717) is 24.7 Å². The maximum Gasteiger partial charge on any atom is 0.242 e. The standard InChI is InChI=1S/C12H21N3O3S/c1-3-15-8-12(6-11(15)7-13-2)19(16,17)14-10-4-5-18-9-10/h6,8,10,13-14H,3-5,7,9H2,1-2H3. The smallest absolute Gasteiger partial charge is 0.242 e. The highest BCUT2D eigenvalue weighted by atomic mass is 32.2. The van der Waals surface area contributed by atoms with E-state index in [1.807, 2.05) is 18.5 Å². The van der Waals surface area contributed by atoms with Crippen LogP contribution in [-0.4, -0.2) is 39.3 Å². The number of sulfonamides is 1. The van der Waals surface area contributed by atoms with Gasteiger partial charge in [-0.3, -0.25) is 0 Å². The highest BCUT2D eigenvalue weighted by Gasteiger charge is 2.24. The molecule has 2 rings (SSSR count). The molecular weight excluding hydrogens is 266 g/mol. The van der Waals surface area contributed by atoms with E-state index in [-0.39, 0.29) is 6.04 Å². The van der Waals surface area contributed by atoms with E-state index in [1.54, 1.807) is 12.3 Å². The molecule has 0 aliphatic carbocycles. The number of aromatic nitrogens is 1. The summed E-state index contributed by atoms with van der Waals surface area (Å²) in [5, 5.41) is 3.04. The topological polar surface area (TPSA) is 72.4 Å². The third-order valence-electron chi connectivity index (χ3n) is 3.22. The average Bonchev–Trinajstić information content (AvgIpc) is 2.98. The van der Waals surface area contributed by atoms with Crippen LogP contribution in [0.5, 0.6) is 0 Å². The molecule has 1 atom stereocenters. The van der Waals surface area contributed by atoms with E-state index in [1.165, 1.54) is 0 Å². The molecule has 0 bridgehead atoms. The third kappa shape index (κ3) is 3.36. The van der Waals surface area contributed by atoms with Crippen molar-refractivity contribution < 1.29 is 13.2 Å². The Morgan fingerprint density at radius 3 is 2.89 bits per heavy atom. The number of rotatable bonds is 6. The number of hydrogen-bond donors (Lipinski definition) is 2. The molecule has 2 N–H and O–H groups in total. The Morgan fingerprint density at radius 1 is 1.53 bits per heavy atom. The summed E-state index contributed by atoms with van der Waals surface area (Å²) < 4.78 is 34.4. The molecule has 0 aromatic carbocycles. The Kier molecular flexibility index (Phi) is 4.62. The number of nitrogens with zero attached hydrogens (tertiary/aromatic N) is 1. The van der Waals surface area contributed by atoms with E-state index < -0.39 is 10.0 Å². The van der Waals surface area contributed by atoms with Crippen LogP contribution in [0.4, 0.5) is 0 Å². The second-order valence-corrected chi connectivity index (χ2v) is 6.38. The highest BCUT2D eigenvalue weighted by Crippen LogP contribution is 2.16. The lowest BCUT2D eigenvalue weighted by Gasteiger charge is -2.09. The first-order valence-corrected chi connectivity index (χ1v) is 7.99. The Hall–Kier alpha value is -0.890. The van der Waals surface area contributed by atoms with Gasteiger partial charge in [0.25, 0.3) is 0 Å². The monoisotopic (exact) mass is 287 g/mol. The van der Waals surface area contributed by atoms with Gasteiger partial charge in [0.05, 0.1) is 11.5 Å². The molecule has 1 aromatic heterocycles. The lowest BCUT2D eigenvalue weighted by atomic mass is 10.3. The normalized spacial score (nSPS) is 20.0. The summed E-state index contributed by atoms with van der Waals surface area (Å²) in [6.45, 7) is 4.47. The second kappa shape index (κ2) is 6.04. The average molecular weight is 287 g/mol. The molecule has 1 unspecified atom stereocenters. The van der Waals surface area contributed by atoms with Gasteiger partial charge in [0.15, 0.2) is 0 Å². The summed E-state index contributed by atoms with van der Waals surface area (Å²) in [6.07, 6.45) is 2.42. The van der Waals surface area contributed by atoms with Gasteiger partial charge in [-0.25, -0.2) is 13.1 Å². The van der Waals surface area contributed by atoms with Crippen LogP contribution in [0.15, 0.2) is 17.2 Å². The quantitative estimate of drug-likeness (QED) is 0.789. The Morgan fingerprint density at radius 2 is 2.32 bits per heavy atom. The molecule has 1 fully saturated rings. The maximum atomic E-state index is 12.3. The van der Waals surface area contributed by atoms with Crippen LogP contribution in [-0.2, 0) is 27.8 Å². The van der Waals surface area contributed by atoms with E-state index in [9.17, 15) is 8.42 Å². The van der Waals surface area contributed by atoms with Crippen LogP contribution < -0.4 is 10.0 Å². The van der Waals surface area contributed by atoms with Gasteiger partial charge in [-0.05, 0) is 26.5 Å². The summed E-state index contributed by atoms with van der Waals surface area (Å²) in [4.78, 5) is 0.325. The Balaban J connectivity index is 2.19. The van der Waals surface area contributed by atoms with Crippen LogP contribution in [0.2, 0.25) is 0 Å². The molecular formula is C12H21N3O3S. The van der Waals surface area contributed by atoms with Crippen LogP contribution >= 0.6 is 0 Å². The van der Waals surface area contributed by atoms with E-state index in [4.69, 9.17) is 4.74 Å². The first kappa shape index (κ1) is 14.5. The molecule has 6 nitrogen and oxygen atoms in total. The van der Waals surface area contributed by atoms with Crippen molar-refractivity contribution in [3.05, 3.63) is 18.0 Å². The minimum Gasteiger partial charge on any atom is -0.380 e. The number of nitrogens with one attached hydrogen (secondary N) is 2. The highest BCUT2D eigenvalue weighted by molar-refractivity contribution is 7.89. The van der Waals surface area contributed by atoms with Crippen molar-refractivity contribution in [1.82, 2.24) is 14.6 Å². The molecule has 1 aliphatic heterocycles. The molecule has 19 heavy (non-hydrogen) atoms. The molecule has 0 radical (unpaired) electrons. The zero-order chi connectivity index (χ0) is 13.9. The van der Waals surface area contributed by atoms with Gasteiger partial charge in [0.1, 0.15) is 0 Å². The fraction of sp³-hybridized carbons (Fsp3) is 0.667. The van der Waals surface area contributed by atoms with Crippen LogP contribution in [0.3, 0.4) is 0 Å². The van der Waals surface area contributed by atoms with Crippen molar-refractivity contribution >= 4 is 10.0 Å². The van der Waals surface area contributed by atoms with E-state index in [2.05, 4.69) is 10.0 Å². The fourth-order valence-corrected chi connectivity index (χ4v) is 3.53. The zero-order valence-corrected chi connectivity index (χ0v) is 12.2. The van der Waals surface area contributed by atoms with Crippen molar-refractivity contribution in [3.63, 3.8) is 0 Å². The van der Waals surface area contributed by atoms with Crippen LogP contribution in [0.25, 0.3) is 0 Å². The molecule has 108 valence electrons. The minimum absolute atomic E-state index is 0.109. The summed E-state index contributed by atoms with van der Waals surface area (Å²) in [5.74, 6) is 0. The van der Waals surface area contributed by atoms with Gasteiger partial charge < -0.3 is 14.6 Å². The lowest BCUT2D eigenvalue weighted by Crippen LogP contribution is -2.34. The van der Waals surface area contributed by atoms with Gasteiger partial charge >= 0.3 is 0 Å². The SMILES string of the molecule is CCn1cc(S(=O)(=O)NC2CCOC2)cc1CNC. The van der Waals surface area contributed by atoms with Gasteiger partial charge in [-0.2, -0.15) is 0 Å². The zero-order valence-electron chi connectivity index (χ0n) is 11.3. The first-order chi connectivity index (χ1) is 9.06. The number of aryl methyl sites for hydroxylation is 1. The van der Waals surface area contributed by atoms with Crippen molar-refractivity contribution in [2.75, 3.05) is 20.3 Å². The van der Waals surface area contributed by atoms with Gasteiger partial charge in [-0.15, -0.1) is 0 Å². The number of hydrogen-bond acceptors (Lipinski definition) is 4. The second-order valence-electron chi connectivity index (χ2n) is 4.67. The van der Waals surface area contributed by atoms with Crippen molar-refractivity contribution in [3.8, 4) is 0 Å². The van der Waals surface area contributed by atoms with E-state index in [0.717, 1.165) is 18.7 Å². The van der Waals surface area contributed by atoms with Crippen molar-refractivity contribution in [2.24, 2.45) is 0 Å². The third-order valence-corrected chi connectivity index (χ3v) is 4.71. The van der Waals surface area contributed by atoms with Gasteiger partial charge in [0, 0.05) is 37.6 Å². The van der Waals surface area contributed by atoms with Crippen LogP contribution in [0, 0.1) is 0 Å². The predicted octanol–water partition coefficient (Wildman–Crippen LogP) is 0.295. The van der Waals surface area contributed by atoms with Gasteiger partial charge in [-0.1, -0.05) is 0 Å². The summed E-state index contributed by atoms with van der Waals surface area (Å²) in [6, 6.07) is 1.61. The summed E-state index contributed by atoms with van der Waals surface area (Å²) in [5.41, 5.74) is 0.966. The predicted molar refractivity (Wildman–Crippen MR) is 72.4 cm³/mol. The molecule has 0 spiro atoms. The molecule has 1 aromatic rings. The van der Waals surface area contributed by atoms with Crippen molar-refractivity contribution in [1.29, 1.82) is 0 Å². The molecule has 1 aliphatic rings. The maximum absolute atomic E-state index is 12.3. The molecule has 2 heterocycles. The molecule has 0 saturated carbocycles. The van der Waals surface area contributed by atoms with Crippen LogP contribution in [0.1, 0.15) is 19.0 Å². The lowest BCUT2D eigenvalue weighted by molar-refractivity contribution is 0.192. The number of ether oxygens (including phenoxy) is 1. The fourth-order valence-electron chi connectivity index (χ4n) is 2.21. The molecule has 1 saturated heterocycles. The summed E-state index contributed by atoms with van der Waals surface area (Å²) >= 11 is 0. The van der Waals surface area contributed by atoms with Crippen molar-refractivity contribution in [2.45, 2.75) is 37.4 Å². The summed E-state index contributed by atoms with van der Waals surface area (Å²) in [7, 11) is -1.61. The molecule has 0 amide bonds. The Bertz CT molecular complexity index is 518. The Labute approximate surface area is 114 Å². The first-order valence-electron chi connectivity index (χ1n) is 6.50. The molecule has 7 heteroatoms. The van der Waals surface area contributed by atoms with E-state index >= 15 is 0 Å². The minimum atomic E-state index is -3.45. The van der Waals surface area contributed by atoms with Gasteiger partial charge in [0.2, 0.25) is 10.0 Å². The largest absolute Gasteiger partial charge is 0.380 e.